The van der Waals surface area contributed by atoms with Gasteiger partial charge in [-0.2, -0.15) is 5.10 Å². The molecule has 2 aliphatic heterocycles. The summed E-state index contributed by atoms with van der Waals surface area (Å²) >= 11 is 0. The molecule has 6 nitrogen and oxygen atoms in total. The molecule has 1 aromatic rings. The third-order valence-electron chi connectivity index (χ3n) is 4.88. The molecule has 118 valence electrons. The number of aryl methyl sites for hydroxylation is 1. The predicted octanol–water partition coefficient (Wildman–Crippen LogP) is 0.00704. The molecule has 1 N–H and O–H groups in total. The topological polar surface area (TPSA) is 53.8 Å². The van der Waals surface area contributed by atoms with E-state index in [2.05, 4.69) is 35.8 Å². The Labute approximate surface area is 126 Å². The van der Waals surface area contributed by atoms with Gasteiger partial charge in [-0.1, -0.05) is 0 Å². The number of aliphatic hydroxyl groups excluding tert-OH is 1. The average molecular weight is 294 g/mol. The molecule has 0 aliphatic carbocycles. The Hall–Kier alpha value is -0.950. The van der Waals surface area contributed by atoms with Crippen molar-refractivity contribution in [1.29, 1.82) is 0 Å². The second-order valence-corrected chi connectivity index (χ2v) is 6.25. The van der Waals surface area contributed by atoms with E-state index in [1.54, 1.807) is 0 Å². The minimum Gasteiger partial charge on any atom is -0.394 e. The third kappa shape index (κ3) is 2.85. The number of aromatic nitrogens is 2. The van der Waals surface area contributed by atoms with Crippen LogP contribution in [-0.4, -0.2) is 76.7 Å². The molecule has 2 fully saturated rings. The fourth-order valence-electron chi connectivity index (χ4n) is 3.56. The summed E-state index contributed by atoms with van der Waals surface area (Å²) in [6.45, 7) is 9.72. The van der Waals surface area contributed by atoms with Gasteiger partial charge in [-0.3, -0.25) is 14.5 Å². The van der Waals surface area contributed by atoms with Gasteiger partial charge in [-0.15, -0.1) is 0 Å². The van der Waals surface area contributed by atoms with Crippen molar-refractivity contribution in [3.05, 3.63) is 17.0 Å². The number of hydrogen-bond donors (Lipinski definition) is 1. The van der Waals surface area contributed by atoms with Crippen LogP contribution < -0.4 is 0 Å². The summed E-state index contributed by atoms with van der Waals surface area (Å²) in [5.41, 5.74) is 3.54. The monoisotopic (exact) mass is 294 g/mol. The summed E-state index contributed by atoms with van der Waals surface area (Å²) in [5.74, 6) is 0. The molecule has 2 atom stereocenters. The van der Waals surface area contributed by atoms with E-state index in [4.69, 9.17) is 9.84 Å². The van der Waals surface area contributed by atoms with Crippen LogP contribution in [0.3, 0.4) is 0 Å². The predicted molar refractivity (Wildman–Crippen MR) is 80.2 cm³/mol. The van der Waals surface area contributed by atoms with Crippen molar-refractivity contribution in [1.82, 2.24) is 19.6 Å². The fourth-order valence-corrected chi connectivity index (χ4v) is 3.56. The average Bonchev–Trinajstić information content (AvgIpc) is 2.97. The van der Waals surface area contributed by atoms with Crippen LogP contribution in [0, 0.1) is 13.8 Å². The molecule has 2 saturated heterocycles. The minimum absolute atomic E-state index is 0.133. The first kappa shape index (κ1) is 15.0. The van der Waals surface area contributed by atoms with Gasteiger partial charge in [0.2, 0.25) is 0 Å². The second kappa shape index (κ2) is 6.04. The zero-order valence-electron chi connectivity index (χ0n) is 13.2. The summed E-state index contributed by atoms with van der Waals surface area (Å²) in [5, 5.41) is 13.6. The number of fused-ring (bicyclic) bond motifs is 1. The van der Waals surface area contributed by atoms with Gasteiger partial charge in [-0.05, 0) is 20.9 Å². The molecule has 6 heteroatoms. The van der Waals surface area contributed by atoms with Gasteiger partial charge in [0.1, 0.15) is 0 Å². The van der Waals surface area contributed by atoms with Crippen LogP contribution >= 0.6 is 0 Å². The summed E-state index contributed by atoms with van der Waals surface area (Å²) in [6.07, 6.45) is 0.344. The number of ether oxygens (including phenoxy) is 1. The van der Waals surface area contributed by atoms with Crippen LogP contribution in [-0.2, 0) is 17.8 Å². The number of rotatable bonds is 4. The normalized spacial score (nSPS) is 27.2. The quantitative estimate of drug-likeness (QED) is 0.848. The Kier molecular flexibility index (Phi) is 4.31. The van der Waals surface area contributed by atoms with Gasteiger partial charge >= 0.3 is 0 Å². The first-order valence-electron chi connectivity index (χ1n) is 7.78. The van der Waals surface area contributed by atoms with Crippen LogP contribution in [0.1, 0.15) is 17.0 Å². The molecule has 0 spiro atoms. The molecular weight excluding hydrogens is 268 g/mol. The first-order valence-corrected chi connectivity index (χ1v) is 7.78. The van der Waals surface area contributed by atoms with Crippen LogP contribution in [0.25, 0.3) is 0 Å². The maximum Gasteiger partial charge on any atom is 0.0869 e. The Balaban J connectivity index is 1.70. The molecule has 3 heterocycles. The van der Waals surface area contributed by atoms with Crippen molar-refractivity contribution in [2.75, 3.05) is 39.9 Å². The van der Waals surface area contributed by atoms with E-state index in [0.29, 0.717) is 18.7 Å². The van der Waals surface area contributed by atoms with Gasteiger partial charge in [-0.25, -0.2) is 0 Å². The molecule has 21 heavy (non-hydrogen) atoms. The van der Waals surface area contributed by atoms with Gasteiger partial charge in [0.25, 0.3) is 0 Å². The summed E-state index contributed by atoms with van der Waals surface area (Å²) in [7, 11) is 2.19. The molecule has 2 unspecified atom stereocenters. The van der Waals surface area contributed by atoms with E-state index in [0.717, 1.165) is 38.5 Å². The lowest BCUT2D eigenvalue weighted by Crippen LogP contribution is -2.48. The standard InChI is InChI=1S/C15H26N4O2/c1-11-13(12(2)19(16-11)4-6-20)8-18-9-14-15(10-18)21-7-5-17(14)3/h14-15,20H,4-10H2,1-3H3. The SMILES string of the molecule is Cc1nn(CCO)c(C)c1CN1CC2OCCN(C)C2C1. The lowest BCUT2D eigenvalue weighted by Gasteiger charge is -2.33. The van der Waals surface area contributed by atoms with Crippen LogP contribution in [0.4, 0.5) is 0 Å². The van der Waals surface area contributed by atoms with Gasteiger partial charge in [0, 0.05) is 43.5 Å². The van der Waals surface area contributed by atoms with Crippen LogP contribution in [0.5, 0.6) is 0 Å². The maximum absolute atomic E-state index is 9.10. The van der Waals surface area contributed by atoms with E-state index < -0.39 is 0 Å². The Morgan fingerprint density at radius 3 is 2.86 bits per heavy atom. The second-order valence-electron chi connectivity index (χ2n) is 6.25. The lowest BCUT2D eigenvalue weighted by molar-refractivity contribution is -0.0370. The molecule has 2 aliphatic rings. The summed E-state index contributed by atoms with van der Waals surface area (Å²) in [4.78, 5) is 4.89. The van der Waals surface area contributed by atoms with Gasteiger partial charge in [0.15, 0.2) is 0 Å². The van der Waals surface area contributed by atoms with Crippen molar-refractivity contribution in [3.8, 4) is 0 Å². The molecule has 0 radical (unpaired) electrons. The fraction of sp³-hybridized carbons (Fsp3) is 0.800. The Morgan fingerprint density at radius 2 is 2.14 bits per heavy atom. The molecular formula is C15H26N4O2. The van der Waals surface area contributed by atoms with Gasteiger partial charge in [0.05, 0.1) is 31.6 Å². The van der Waals surface area contributed by atoms with Crippen molar-refractivity contribution in [2.24, 2.45) is 0 Å². The van der Waals surface area contributed by atoms with Crippen molar-refractivity contribution in [3.63, 3.8) is 0 Å². The molecule has 0 aromatic carbocycles. The van der Waals surface area contributed by atoms with Crippen molar-refractivity contribution >= 4 is 0 Å². The number of morpholine rings is 1. The van der Waals surface area contributed by atoms with E-state index in [-0.39, 0.29) is 6.61 Å². The first-order chi connectivity index (χ1) is 10.1. The zero-order valence-corrected chi connectivity index (χ0v) is 13.2. The number of aliphatic hydroxyl groups is 1. The van der Waals surface area contributed by atoms with Gasteiger partial charge < -0.3 is 9.84 Å². The van der Waals surface area contributed by atoms with Crippen LogP contribution in [0.2, 0.25) is 0 Å². The van der Waals surface area contributed by atoms with E-state index in [1.807, 2.05) is 4.68 Å². The Morgan fingerprint density at radius 1 is 1.33 bits per heavy atom. The zero-order chi connectivity index (χ0) is 15.0. The van der Waals surface area contributed by atoms with E-state index in [1.165, 1.54) is 11.3 Å². The van der Waals surface area contributed by atoms with Crippen LogP contribution in [0.15, 0.2) is 0 Å². The van der Waals surface area contributed by atoms with E-state index in [9.17, 15) is 0 Å². The largest absolute Gasteiger partial charge is 0.394 e. The Bertz CT molecular complexity index is 502. The highest BCUT2D eigenvalue weighted by molar-refractivity contribution is 5.24. The number of likely N-dealkylation sites (tertiary alicyclic amines) is 1. The molecule has 0 saturated carbocycles. The minimum atomic E-state index is 0.133. The summed E-state index contributed by atoms with van der Waals surface area (Å²) < 4.78 is 7.82. The molecule has 0 amide bonds. The molecule has 0 bridgehead atoms. The van der Waals surface area contributed by atoms with Crippen molar-refractivity contribution in [2.45, 2.75) is 39.1 Å². The van der Waals surface area contributed by atoms with Crippen molar-refractivity contribution < 1.29 is 9.84 Å². The lowest BCUT2D eigenvalue weighted by atomic mass is 10.1. The maximum atomic E-state index is 9.10. The number of likely N-dealkylation sites (N-methyl/N-ethyl adjacent to an activating group) is 1. The third-order valence-corrected chi connectivity index (χ3v) is 4.88. The smallest absolute Gasteiger partial charge is 0.0869 e. The molecule has 1 aromatic heterocycles. The number of nitrogens with zero attached hydrogens (tertiary/aromatic N) is 4. The number of hydrogen-bond acceptors (Lipinski definition) is 5. The highest BCUT2D eigenvalue weighted by Gasteiger charge is 2.38. The highest BCUT2D eigenvalue weighted by atomic mass is 16.5. The summed E-state index contributed by atoms with van der Waals surface area (Å²) in [6, 6.07) is 0.520. The highest BCUT2D eigenvalue weighted by Crippen LogP contribution is 2.24. The molecule has 3 rings (SSSR count). The van der Waals surface area contributed by atoms with E-state index >= 15 is 0 Å².